The summed E-state index contributed by atoms with van der Waals surface area (Å²) >= 11 is 0. The summed E-state index contributed by atoms with van der Waals surface area (Å²) in [4.78, 5) is 30.5. The average Bonchev–Trinajstić information content (AvgIpc) is 3.02. The summed E-state index contributed by atoms with van der Waals surface area (Å²) in [5, 5.41) is 3.04. The molecule has 2 aromatic carbocycles. The fraction of sp³-hybridized carbons (Fsp3) is 0.467. The fourth-order valence-corrected chi connectivity index (χ4v) is 5.75. The molecule has 3 aliphatic rings. The number of anilines is 2. The molecule has 3 radical (unpaired) electrons. The second kappa shape index (κ2) is 17.4. The predicted molar refractivity (Wildman–Crippen MR) is 145 cm³/mol. The van der Waals surface area contributed by atoms with Crippen LogP contribution in [0, 0.1) is 25.7 Å². The molecule has 1 saturated heterocycles. The van der Waals surface area contributed by atoms with Crippen molar-refractivity contribution in [3.63, 3.8) is 0 Å². The van der Waals surface area contributed by atoms with Gasteiger partial charge in [-0.1, -0.05) is 43.2 Å². The number of nitrogens with one attached hydrogen (secondary N) is 1. The summed E-state index contributed by atoms with van der Waals surface area (Å²) in [6, 6.07) is 15.9. The van der Waals surface area contributed by atoms with Crippen LogP contribution >= 0.6 is 0 Å². The molecule has 1 aliphatic carbocycles. The van der Waals surface area contributed by atoms with E-state index in [1.54, 1.807) is 11.9 Å². The Morgan fingerprint density at radius 2 is 1.79 bits per heavy atom. The first-order valence-corrected chi connectivity index (χ1v) is 13.0. The molecule has 2 fully saturated rings. The van der Waals surface area contributed by atoms with E-state index in [4.69, 9.17) is 4.74 Å². The Morgan fingerprint density at radius 1 is 1.08 bits per heavy atom. The molecule has 2 aromatic rings. The van der Waals surface area contributed by atoms with Gasteiger partial charge < -0.3 is 33.7 Å². The van der Waals surface area contributed by atoms with Crippen molar-refractivity contribution in [3.05, 3.63) is 67.9 Å². The maximum absolute atomic E-state index is 13.3. The summed E-state index contributed by atoms with van der Waals surface area (Å²) in [5.41, 5.74) is 3.20. The largest absolute Gasteiger partial charge is 0.489 e. The summed E-state index contributed by atoms with van der Waals surface area (Å²) in [6.45, 7) is 2.13. The number of carbonyl (C=O) groups excluding carboxylic acids is 2. The summed E-state index contributed by atoms with van der Waals surface area (Å²) in [6.07, 6.45) is 9.43. The van der Waals surface area contributed by atoms with Gasteiger partial charge in [0, 0.05) is 92.2 Å². The molecule has 211 valence electrons. The Bertz CT molecular complexity index is 1050. The van der Waals surface area contributed by atoms with Gasteiger partial charge in [0.25, 0.3) is 5.91 Å². The first-order valence-electron chi connectivity index (χ1n) is 13.0. The molecule has 0 spiro atoms. The summed E-state index contributed by atoms with van der Waals surface area (Å²) in [7, 11) is 1.78. The number of fused-ring (bicyclic) bond motifs is 1. The monoisotopic (exact) mass is 952 g/mol. The van der Waals surface area contributed by atoms with Crippen LogP contribution in [-0.2, 0) is 89.6 Å². The van der Waals surface area contributed by atoms with Crippen LogP contribution in [0.2, 0.25) is 0 Å². The van der Waals surface area contributed by atoms with E-state index in [-0.39, 0.29) is 105 Å². The van der Waals surface area contributed by atoms with Crippen molar-refractivity contribution >= 4 is 23.2 Å². The number of hydrogen-bond acceptors (Lipinski definition) is 4. The molecular formula is C30H39N3O3Re2Y-2. The van der Waals surface area contributed by atoms with Gasteiger partial charge in [-0.25, -0.2) is 0 Å². The minimum Gasteiger partial charge on any atom is -0.489 e. The third-order valence-corrected chi connectivity index (χ3v) is 7.75. The van der Waals surface area contributed by atoms with Gasteiger partial charge in [0.15, 0.2) is 0 Å². The van der Waals surface area contributed by atoms with Gasteiger partial charge in [-0.05, 0) is 62.0 Å². The number of rotatable bonds is 5. The van der Waals surface area contributed by atoms with Crippen LogP contribution in [0.1, 0.15) is 44.1 Å². The molecule has 3 unspecified atom stereocenters. The standard InChI is InChI=1S/C29H36N3O3.CH3.2Re.Y/c1-31-26-19-24(32-15-6-3-7-16-32)13-14-27(26)35-20-25(29(31)34)30-28(33)23-12-8-11-22(18-23)17-21-9-4-2-5-10-21;;;;/h2-5,9-10,13-14,19,22-23,25H,6-8,11-12,15-18,20H2,1H3,(H,30,33);1H3;;;/q2*-1;;;. The van der Waals surface area contributed by atoms with Gasteiger partial charge in [0.05, 0.1) is 5.69 Å². The van der Waals surface area contributed by atoms with Crippen LogP contribution in [0.5, 0.6) is 5.75 Å². The zero-order valence-corrected chi connectivity index (χ0v) is 31.2. The van der Waals surface area contributed by atoms with Crippen molar-refractivity contribution in [3.8, 4) is 5.75 Å². The SMILES string of the molecule is CN1C(=O)C(NC(=O)C2CCCC(Cc3ccccc3)C2)COc2ccc(N3CC[CH-]CC3)cc21.[CH3-].[Re].[Re].[Y]. The number of hydrogen-bond donors (Lipinski definition) is 1. The molecule has 2 aliphatic heterocycles. The van der Waals surface area contributed by atoms with Crippen LogP contribution in [0.4, 0.5) is 11.4 Å². The van der Waals surface area contributed by atoms with E-state index in [9.17, 15) is 9.59 Å². The molecule has 0 bridgehead atoms. The fourth-order valence-electron chi connectivity index (χ4n) is 5.75. The van der Waals surface area contributed by atoms with E-state index in [0.29, 0.717) is 11.7 Å². The van der Waals surface area contributed by atoms with Crippen LogP contribution in [0.3, 0.4) is 0 Å². The maximum atomic E-state index is 13.3. The Kier molecular flexibility index (Phi) is 16.2. The Morgan fingerprint density at radius 3 is 2.51 bits per heavy atom. The van der Waals surface area contributed by atoms with Crippen molar-refractivity contribution in [2.45, 2.75) is 51.0 Å². The Hall–Kier alpha value is -0.591. The Labute approximate surface area is 286 Å². The quantitative estimate of drug-likeness (QED) is 0.438. The molecular weight excluding hydrogens is 912 g/mol. The topological polar surface area (TPSA) is 61.9 Å². The molecule has 2 amide bonds. The first kappa shape index (κ1) is 36.4. The van der Waals surface area contributed by atoms with Crippen molar-refractivity contribution < 1.29 is 87.9 Å². The van der Waals surface area contributed by atoms with Crippen molar-refractivity contribution in [1.82, 2.24) is 5.32 Å². The molecule has 3 atom stereocenters. The third-order valence-electron chi connectivity index (χ3n) is 7.75. The van der Waals surface area contributed by atoms with E-state index < -0.39 is 6.04 Å². The van der Waals surface area contributed by atoms with Gasteiger partial charge in [0.2, 0.25) is 5.91 Å². The first-order chi connectivity index (χ1) is 17.1. The van der Waals surface area contributed by atoms with Crippen LogP contribution < -0.4 is 19.9 Å². The predicted octanol–water partition coefficient (Wildman–Crippen LogP) is 4.82. The maximum Gasteiger partial charge on any atom is 0.252 e. The van der Waals surface area contributed by atoms with E-state index in [2.05, 4.69) is 47.0 Å². The van der Waals surface area contributed by atoms with Crippen molar-refractivity contribution in [2.75, 3.05) is 36.5 Å². The molecule has 6 nitrogen and oxygen atoms in total. The second-order valence-electron chi connectivity index (χ2n) is 10.2. The summed E-state index contributed by atoms with van der Waals surface area (Å²) in [5.74, 6) is 0.988. The van der Waals surface area contributed by atoms with E-state index in [1.165, 1.54) is 5.56 Å². The second-order valence-corrected chi connectivity index (χ2v) is 10.2. The molecule has 5 rings (SSSR count). The minimum atomic E-state index is -0.678. The van der Waals surface area contributed by atoms with Gasteiger partial charge >= 0.3 is 0 Å². The minimum absolute atomic E-state index is 0. The summed E-state index contributed by atoms with van der Waals surface area (Å²) < 4.78 is 6.03. The van der Waals surface area contributed by atoms with Gasteiger partial charge in [0.1, 0.15) is 18.4 Å². The number of piperidine rings is 1. The number of ether oxygens (including phenoxy) is 1. The zero-order chi connectivity index (χ0) is 24.2. The zero-order valence-electron chi connectivity index (χ0n) is 23.0. The number of benzene rings is 2. The normalized spacial score (nSPS) is 22.3. The Balaban J connectivity index is 0.00000190. The smallest absolute Gasteiger partial charge is 0.252 e. The van der Waals surface area contributed by atoms with Crippen LogP contribution in [0.25, 0.3) is 0 Å². The van der Waals surface area contributed by atoms with E-state index >= 15 is 0 Å². The third kappa shape index (κ3) is 9.20. The van der Waals surface area contributed by atoms with Crippen molar-refractivity contribution in [1.29, 1.82) is 0 Å². The number of amides is 2. The number of nitrogens with zero attached hydrogens (tertiary/aromatic N) is 2. The van der Waals surface area contributed by atoms with Gasteiger partial charge in [-0.2, -0.15) is 12.8 Å². The molecule has 2 heterocycles. The van der Waals surface area contributed by atoms with E-state index in [1.807, 2.05) is 18.2 Å². The van der Waals surface area contributed by atoms with Gasteiger partial charge in [-0.15, -0.1) is 0 Å². The molecule has 1 saturated carbocycles. The number of likely N-dealkylation sites (N-methyl/N-ethyl adjacent to an activating group) is 1. The van der Waals surface area contributed by atoms with Crippen LogP contribution in [-0.4, -0.2) is 44.6 Å². The molecule has 9 heteroatoms. The molecule has 1 N–H and O–H groups in total. The average molecular weight is 951 g/mol. The van der Waals surface area contributed by atoms with Crippen molar-refractivity contribution in [2.24, 2.45) is 11.8 Å². The van der Waals surface area contributed by atoms with E-state index in [0.717, 1.165) is 69.4 Å². The molecule has 39 heavy (non-hydrogen) atoms. The molecule has 0 aromatic heterocycles. The van der Waals surface area contributed by atoms with Gasteiger partial charge in [-0.3, -0.25) is 9.59 Å². The number of carbonyl (C=O) groups is 2. The van der Waals surface area contributed by atoms with Crippen LogP contribution in [0.15, 0.2) is 48.5 Å².